The fourth-order valence-electron chi connectivity index (χ4n) is 2.38. The molecule has 26 heavy (non-hydrogen) atoms. The lowest BCUT2D eigenvalue weighted by molar-refractivity contribution is -0.139. The Bertz CT molecular complexity index is 630. The Morgan fingerprint density at radius 1 is 1.23 bits per heavy atom. The molecule has 9 heteroatoms. The summed E-state index contributed by atoms with van der Waals surface area (Å²) in [4.78, 5) is 24.0. The lowest BCUT2D eigenvalue weighted by Gasteiger charge is -2.21. The molecule has 0 aliphatic heterocycles. The van der Waals surface area contributed by atoms with Crippen molar-refractivity contribution in [1.29, 1.82) is 0 Å². The van der Waals surface area contributed by atoms with Gasteiger partial charge in [-0.2, -0.15) is 0 Å². The number of nitrogens with zero attached hydrogens (tertiary/aromatic N) is 1. The third-order valence-electron chi connectivity index (χ3n) is 3.80. The van der Waals surface area contributed by atoms with Crippen LogP contribution >= 0.6 is 0 Å². The van der Waals surface area contributed by atoms with Gasteiger partial charge in [0, 0.05) is 18.4 Å². The minimum absolute atomic E-state index is 0.119. The molecule has 2 amide bonds. The van der Waals surface area contributed by atoms with Gasteiger partial charge in [-0.25, -0.2) is 11.3 Å². The lowest BCUT2D eigenvalue weighted by atomic mass is 9.95. The summed E-state index contributed by atoms with van der Waals surface area (Å²) >= 11 is 0. The smallest absolute Gasteiger partial charge is 0.255 e. The number of nitrogens with two attached hydrogens (primary N) is 3. The van der Waals surface area contributed by atoms with Crippen LogP contribution < -0.4 is 28.1 Å². The fraction of sp³-hybridized carbons (Fsp3) is 0.412. The van der Waals surface area contributed by atoms with Gasteiger partial charge in [0.25, 0.3) is 5.91 Å². The van der Waals surface area contributed by atoms with Gasteiger partial charge in [-0.1, -0.05) is 26.0 Å². The Kier molecular flexibility index (Phi) is 8.56. The van der Waals surface area contributed by atoms with Crippen molar-refractivity contribution in [2.75, 3.05) is 11.9 Å². The quantitative estimate of drug-likeness (QED) is 0.158. The van der Waals surface area contributed by atoms with Crippen molar-refractivity contribution >= 4 is 17.5 Å². The molecule has 9 N–H and O–H groups in total. The monoisotopic (exact) mass is 364 g/mol. The van der Waals surface area contributed by atoms with Crippen LogP contribution in [-0.4, -0.2) is 28.6 Å². The molecule has 0 fully saturated rings. The van der Waals surface area contributed by atoms with Gasteiger partial charge in [0.15, 0.2) is 0 Å². The number of amides is 2. The van der Waals surface area contributed by atoms with E-state index in [2.05, 4.69) is 5.32 Å². The van der Waals surface area contributed by atoms with E-state index in [0.717, 1.165) is 5.56 Å². The molecule has 9 nitrogen and oxygen atoms in total. The first-order valence-corrected chi connectivity index (χ1v) is 8.29. The Balaban J connectivity index is 2.76. The molecule has 1 unspecified atom stereocenters. The first-order chi connectivity index (χ1) is 12.3. The predicted molar refractivity (Wildman–Crippen MR) is 99.0 cm³/mol. The molecule has 0 aromatic heterocycles. The molecule has 0 bridgehead atoms. The molecule has 0 aliphatic carbocycles. The van der Waals surface area contributed by atoms with E-state index in [1.807, 2.05) is 13.8 Å². The maximum atomic E-state index is 12.3. The van der Waals surface area contributed by atoms with Crippen LogP contribution in [0.25, 0.3) is 0 Å². The van der Waals surface area contributed by atoms with Crippen LogP contribution in [0.2, 0.25) is 0 Å². The van der Waals surface area contributed by atoms with E-state index in [-0.39, 0.29) is 12.5 Å². The maximum absolute atomic E-state index is 12.3. The normalized spacial score (nSPS) is 12.6. The van der Waals surface area contributed by atoms with Gasteiger partial charge >= 0.3 is 0 Å². The molecule has 0 heterocycles. The number of carbonyl (C=O) groups excluding carboxylic acids is 2. The summed E-state index contributed by atoms with van der Waals surface area (Å²) < 4.78 is 0. The first-order valence-electron chi connectivity index (χ1n) is 8.29. The number of anilines is 1. The summed E-state index contributed by atoms with van der Waals surface area (Å²) in [6.07, 6.45) is 1.68. The summed E-state index contributed by atoms with van der Waals surface area (Å²) in [7, 11) is 0. The third-order valence-corrected chi connectivity index (χ3v) is 3.80. The second kappa shape index (κ2) is 10.4. The number of hydrazine groups is 1. The van der Waals surface area contributed by atoms with Crippen LogP contribution in [0.1, 0.15) is 25.8 Å². The lowest BCUT2D eigenvalue weighted by Crippen LogP contribution is -2.37. The Morgan fingerprint density at radius 2 is 1.85 bits per heavy atom. The van der Waals surface area contributed by atoms with Crippen molar-refractivity contribution in [2.24, 2.45) is 29.1 Å². The van der Waals surface area contributed by atoms with Crippen molar-refractivity contribution in [3.63, 3.8) is 0 Å². The standard InChI is InChI=1S/C17H28N6O3/c1-11(2)7-15(17(25)22-26)16(24)21-13-5-3-12(4-6-13)10-23(20)14(8-18)9-19/h3-6,8,11,15,26H,7,9-10,18-20H2,1-2H3,(H,21,24)(H,22,25)/b14-8-. The van der Waals surface area contributed by atoms with Crippen LogP contribution in [0.3, 0.4) is 0 Å². The zero-order valence-corrected chi connectivity index (χ0v) is 15.1. The van der Waals surface area contributed by atoms with Crippen molar-refractivity contribution in [1.82, 2.24) is 10.5 Å². The van der Waals surface area contributed by atoms with Crippen LogP contribution in [0.4, 0.5) is 5.69 Å². The molecule has 1 atom stereocenters. The molecule has 0 saturated carbocycles. The van der Waals surface area contributed by atoms with Gasteiger partial charge in [-0.05, 0) is 30.0 Å². The number of carbonyl (C=O) groups is 2. The number of hydrogen-bond acceptors (Lipinski definition) is 7. The second-order valence-corrected chi connectivity index (χ2v) is 6.33. The van der Waals surface area contributed by atoms with E-state index in [0.29, 0.717) is 24.4 Å². The van der Waals surface area contributed by atoms with Crippen LogP contribution in [0, 0.1) is 11.8 Å². The SMILES string of the molecule is CC(C)CC(C(=O)NO)C(=O)Nc1ccc(CN(N)/C(=C\N)CN)cc1. The van der Waals surface area contributed by atoms with Crippen molar-refractivity contribution in [3.8, 4) is 0 Å². The summed E-state index contributed by atoms with van der Waals surface area (Å²) in [5, 5.41) is 12.9. The first kappa shape index (κ1) is 21.4. The van der Waals surface area contributed by atoms with Crippen molar-refractivity contribution in [2.45, 2.75) is 26.8 Å². The highest BCUT2D eigenvalue weighted by Crippen LogP contribution is 2.17. The van der Waals surface area contributed by atoms with Gasteiger partial charge < -0.3 is 21.8 Å². The van der Waals surface area contributed by atoms with Gasteiger partial charge in [0.1, 0.15) is 5.92 Å². The number of nitrogens with one attached hydrogen (secondary N) is 2. The van der Waals surface area contributed by atoms with Gasteiger partial charge in [0.2, 0.25) is 5.91 Å². The summed E-state index contributed by atoms with van der Waals surface area (Å²) in [5.74, 6) is 3.83. The summed E-state index contributed by atoms with van der Waals surface area (Å²) in [6, 6.07) is 7.00. The Morgan fingerprint density at radius 3 is 2.31 bits per heavy atom. The maximum Gasteiger partial charge on any atom is 0.255 e. The van der Waals surface area contributed by atoms with E-state index in [1.165, 1.54) is 11.2 Å². The predicted octanol–water partition coefficient (Wildman–Crippen LogP) is 0.227. The molecule has 1 aromatic carbocycles. The minimum Gasteiger partial charge on any atom is -0.403 e. The van der Waals surface area contributed by atoms with Gasteiger partial charge in [-0.15, -0.1) is 0 Å². The molecule has 1 rings (SSSR count). The van der Waals surface area contributed by atoms with Crippen LogP contribution in [-0.2, 0) is 16.1 Å². The number of rotatable bonds is 9. The summed E-state index contributed by atoms with van der Waals surface area (Å²) in [5.41, 5.74) is 14.6. The van der Waals surface area contributed by atoms with Gasteiger partial charge in [-0.3, -0.25) is 14.8 Å². The average Bonchev–Trinajstić information content (AvgIpc) is 2.61. The van der Waals surface area contributed by atoms with Gasteiger partial charge in [0.05, 0.1) is 12.2 Å². The Hall–Kier alpha value is -2.62. The van der Waals surface area contributed by atoms with E-state index in [9.17, 15) is 9.59 Å². The molecule has 0 radical (unpaired) electrons. The number of hydrogen-bond donors (Lipinski definition) is 6. The molecule has 0 aliphatic rings. The Labute approximate surface area is 153 Å². The molecular weight excluding hydrogens is 336 g/mol. The van der Waals surface area contributed by atoms with E-state index >= 15 is 0 Å². The highest BCUT2D eigenvalue weighted by molar-refractivity contribution is 6.06. The topological polar surface area (TPSA) is 160 Å². The summed E-state index contributed by atoms with van der Waals surface area (Å²) in [6.45, 7) is 4.41. The van der Waals surface area contributed by atoms with Crippen LogP contribution in [0.5, 0.6) is 0 Å². The van der Waals surface area contributed by atoms with Crippen molar-refractivity contribution < 1.29 is 14.8 Å². The van der Waals surface area contributed by atoms with Crippen molar-refractivity contribution in [3.05, 3.63) is 41.7 Å². The van der Waals surface area contributed by atoms with Crippen LogP contribution in [0.15, 0.2) is 36.2 Å². The molecular formula is C17H28N6O3. The minimum atomic E-state index is -0.971. The molecule has 1 aromatic rings. The molecule has 0 spiro atoms. The second-order valence-electron chi connectivity index (χ2n) is 6.33. The van der Waals surface area contributed by atoms with E-state index < -0.39 is 17.7 Å². The van der Waals surface area contributed by atoms with E-state index in [4.69, 9.17) is 22.5 Å². The highest BCUT2D eigenvalue weighted by Gasteiger charge is 2.27. The fourth-order valence-corrected chi connectivity index (χ4v) is 2.38. The zero-order valence-electron chi connectivity index (χ0n) is 15.1. The number of hydroxylamine groups is 1. The number of benzene rings is 1. The molecule has 0 saturated heterocycles. The zero-order chi connectivity index (χ0) is 19.7. The largest absolute Gasteiger partial charge is 0.403 e. The average molecular weight is 364 g/mol. The third kappa shape index (κ3) is 6.36. The highest BCUT2D eigenvalue weighted by atomic mass is 16.5. The van der Waals surface area contributed by atoms with E-state index in [1.54, 1.807) is 29.7 Å². The molecule has 144 valence electrons.